The number of fused-ring (bicyclic) bond motifs is 1. The fraction of sp³-hybridized carbons (Fsp3) is 0.250. The van der Waals surface area contributed by atoms with E-state index in [1.165, 1.54) is 6.07 Å². The number of hydrogen-bond donors (Lipinski definition) is 1. The van der Waals surface area contributed by atoms with Crippen molar-refractivity contribution in [3.05, 3.63) is 65.6 Å². The molecule has 1 amide bonds. The lowest BCUT2D eigenvalue weighted by molar-refractivity contribution is -0.120. The number of benzene rings is 2. The summed E-state index contributed by atoms with van der Waals surface area (Å²) in [5.74, 6) is -0.305. The molecule has 1 heterocycles. The molecular formula is C20H21FN2O2. The van der Waals surface area contributed by atoms with E-state index in [0.717, 1.165) is 16.6 Å². The molecule has 0 saturated carbocycles. The van der Waals surface area contributed by atoms with Crippen LogP contribution in [0.25, 0.3) is 10.9 Å². The number of rotatable bonds is 6. The van der Waals surface area contributed by atoms with Gasteiger partial charge < -0.3 is 14.6 Å². The average molecular weight is 340 g/mol. The second kappa shape index (κ2) is 7.38. The Kier molecular flexibility index (Phi) is 5.03. The first-order chi connectivity index (χ1) is 12.1. The Morgan fingerprint density at radius 2 is 1.96 bits per heavy atom. The maximum atomic E-state index is 14.2. The predicted octanol–water partition coefficient (Wildman–Crippen LogP) is 3.58. The van der Waals surface area contributed by atoms with E-state index in [4.69, 9.17) is 4.74 Å². The minimum atomic E-state index is -0.411. The van der Waals surface area contributed by atoms with Gasteiger partial charge in [-0.2, -0.15) is 0 Å². The summed E-state index contributed by atoms with van der Waals surface area (Å²) < 4.78 is 21.5. The average Bonchev–Trinajstić information content (AvgIpc) is 2.92. The molecule has 0 saturated heterocycles. The normalized spacial score (nSPS) is 10.8. The van der Waals surface area contributed by atoms with Crippen LogP contribution in [0.4, 0.5) is 4.39 Å². The van der Waals surface area contributed by atoms with Crippen molar-refractivity contribution in [3.8, 4) is 5.75 Å². The van der Waals surface area contributed by atoms with E-state index < -0.39 is 5.82 Å². The Hall–Kier alpha value is -2.82. The number of aryl methyl sites for hydroxylation is 1. The van der Waals surface area contributed by atoms with Gasteiger partial charge in [-0.1, -0.05) is 30.3 Å². The Bertz CT molecular complexity index is 888. The van der Waals surface area contributed by atoms with Gasteiger partial charge in [0, 0.05) is 25.2 Å². The highest BCUT2D eigenvalue weighted by Gasteiger charge is 2.18. The summed E-state index contributed by atoms with van der Waals surface area (Å²) in [6, 6.07) is 12.8. The molecule has 0 aliphatic heterocycles. The number of aromatic nitrogens is 1. The van der Waals surface area contributed by atoms with E-state index in [0.29, 0.717) is 18.5 Å². The van der Waals surface area contributed by atoms with Gasteiger partial charge in [0.1, 0.15) is 0 Å². The van der Waals surface area contributed by atoms with Crippen molar-refractivity contribution in [1.29, 1.82) is 0 Å². The third kappa shape index (κ3) is 3.65. The van der Waals surface area contributed by atoms with Gasteiger partial charge >= 0.3 is 0 Å². The van der Waals surface area contributed by atoms with Crippen LogP contribution in [0.15, 0.2) is 48.7 Å². The van der Waals surface area contributed by atoms with Crippen molar-refractivity contribution in [1.82, 2.24) is 9.88 Å². The molecule has 4 nitrogen and oxygen atoms in total. The maximum absolute atomic E-state index is 14.2. The highest BCUT2D eigenvalue weighted by Crippen LogP contribution is 2.33. The quantitative estimate of drug-likeness (QED) is 0.745. The minimum absolute atomic E-state index is 0.108. The van der Waals surface area contributed by atoms with Gasteiger partial charge in [0.25, 0.3) is 0 Å². The van der Waals surface area contributed by atoms with Crippen LogP contribution in [0.3, 0.4) is 0 Å². The number of halogens is 1. The Balaban J connectivity index is 1.83. The Labute approximate surface area is 146 Å². The molecule has 0 bridgehead atoms. The molecule has 0 aliphatic rings. The number of hydrogen-bond acceptors (Lipinski definition) is 2. The number of ether oxygens (including phenoxy) is 1. The lowest BCUT2D eigenvalue weighted by Crippen LogP contribution is -2.24. The van der Waals surface area contributed by atoms with Crippen LogP contribution in [0.2, 0.25) is 0 Å². The van der Waals surface area contributed by atoms with E-state index in [2.05, 4.69) is 5.32 Å². The first kappa shape index (κ1) is 17.0. The van der Waals surface area contributed by atoms with Crippen LogP contribution in [0.5, 0.6) is 5.75 Å². The lowest BCUT2D eigenvalue weighted by atomic mass is 10.1. The number of nitrogens with zero attached hydrogens (tertiary/aromatic N) is 1. The minimum Gasteiger partial charge on any atom is -0.490 e. The fourth-order valence-electron chi connectivity index (χ4n) is 2.97. The van der Waals surface area contributed by atoms with Crippen molar-refractivity contribution in [3.63, 3.8) is 0 Å². The highest BCUT2D eigenvalue weighted by atomic mass is 19.1. The van der Waals surface area contributed by atoms with Gasteiger partial charge in [0.2, 0.25) is 5.91 Å². The molecule has 2 aromatic carbocycles. The molecule has 3 rings (SSSR count). The highest BCUT2D eigenvalue weighted by molar-refractivity contribution is 5.93. The second-order valence-corrected chi connectivity index (χ2v) is 5.91. The summed E-state index contributed by atoms with van der Waals surface area (Å²) in [5, 5.41) is 3.57. The molecule has 0 fully saturated rings. The summed E-state index contributed by atoms with van der Waals surface area (Å²) in [6.07, 6.45) is 2.03. The van der Waals surface area contributed by atoms with Crippen LogP contribution in [-0.4, -0.2) is 17.1 Å². The molecule has 5 heteroatoms. The molecule has 0 spiro atoms. The van der Waals surface area contributed by atoms with Crippen molar-refractivity contribution >= 4 is 16.8 Å². The van der Waals surface area contributed by atoms with Crippen LogP contribution in [0.1, 0.15) is 18.1 Å². The predicted molar refractivity (Wildman–Crippen MR) is 96.0 cm³/mol. The zero-order valence-electron chi connectivity index (χ0n) is 14.4. The standard InChI is InChI=1S/C20H21FN2O2/c1-3-25-20-16(21)9-10-17-19(20)15(13-23(17)2)11-18(24)22-12-14-7-5-4-6-8-14/h4-10,13H,3,11-12H2,1-2H3,(H,22,24). The topological polar surface area (TPSA) is 43.3 Å². The van der Waals surface area contributed by atoms with Crippen LogP contribution < -0.4 is 10.1 Å². The molecule has 3 aromatic rings. The first-order valence-electron chi connectivity index (χ1n) is 8.30. The first-order valence-corrected chi connectivity index (χ1v) is 8.30. The summed E-state index contributed by atoms with van der Waals surface area (Å²) in [4.78, 5) is 12.3. The van der Waals surface area contributed by atoms with Gasteiger partial charge in [0.15, 0.2) is 11.6 Å². The SMILES string of the molecule is CCOc1c(F)ccc2c1c(CC(=O)NCc1ccccc1)cn2C. The van der Waals surface area contributed by atoms with E-state index in [1.807, 2.05) is 55.1 Å². The second-order valence-electron chi connectivity index (χ2n) is 5.91. The molecule has 0 radical (unpaired) electrons. The van der Waals surface area contributed by atoms with Crippen molar-refractivity contribution in [2.75, 3.05) is 6.61 Å². The molecule has 130 valence electrons. The van der Waals surface area contributed by atoms with Crippen molar-refractivity contribution < 1.29 is 13.9 Å². The fourth-order valence-corrected chi connectivity index (χ4v) is 2.97. The third-order valence-electron chi connectivity index (χ3n) is 4.11. The van der Waals surface area contributed by atoms with Crippen LogP contribution in [0, 0.1) is 5.82 Å². The molecule has 0 unspecified atom stereocenters. The number of amides is 1. The van der Waals surface area contributed by atoms with Crippen LogP contribution >= 0.6 is 0 Å². The zero-order valence-corrected chi connectivity index (χ0v) is 14.4. The van der Waals surface area contributed by atoms with Crippen molar-refractivity contribution in [2.24, 2.45) is 7.05 Å². The molecule has 1 N–H and O–H groups in total. The van der Waals surface area contributed by atoms with Gasteiger partial charge in [-0.3, -0.25) is 4.79 Å². The summed E-state index contributed by atoms with van der Waals surface area (Å²) in [5.41, 5.74) is 2.64. The number of carbonyl (C=O) groups is 1. The molecular weight excluding hydrogens is 319 g/mol. The Morgan fingerprint density at radius 1 is 1.20 bits per heavy atom. The van der Waals surface area contributed by atoms with E-state index in [9.17, 15) is 9.18 Å². The maximum Gasteiger partial charge on any atom is 0.224 e. The Morgan fingerprint density at radius 3 is 2.68 bits per heavy atom. The van der Waals surface area contributed by atoms with Gasteiger partial charge in [-0.05, 0) is 30.2 Å². The summed E-state index contributed by atoms with van der Waals surface area (Å²) in [6.45, 7) is 2.65. The smallest absolute Gasteiger partial charge is 0.224 e. The largest absolute Gasteiger partial charge is 0.490 e. The van der Waals surface area contributed by atoms with E-state index in [1.54, 1.807) is 6.07 Å². The summed E-state index contributed by atoms with van der Waals surface area (Å²) >= 11 is 0. The van der Waals surface area contributed by atoms with Crippen molar-refractivity contribution in [2.45, 2.75) is 19.9 Å². The van der Waals surface area contributed by atoms with Crippen LogP contribution in [-0.2, 0) is 24.8 Å². The van der Waals surface area contributed by atoms with Gasteiger partial charge in [0.05, 0.1) is 18.5 Å². The molecule has 25 heavy (non-hydrogen) atoms. The van der Waals surface area contributed by atoms with Gasteiger partial charge in [-0.15, -0.1) is 0 Å². The summed E-state index contributed by atoms with van der Waals surface area (Å²) in [7, 11) is 1.88. The number of nitrogens with one attached hydrogen (secondary N) is 1. The van der Waals surface area contributed by atoms with E-state index in [-0.39, 0.29) is 18.1 Å². The molecule has 0 aliphatic carbocycles. The monoisotopic (exact) mass is 340 g/mol. The van der Waals surface area contributed by atoms with E-state index >= 15 is 0 Å². The van der Waals surface area contributed by atoms with Gasteiger partial charge in [-0.25, -0.2) is 4.39 Å². The molecule has 1 aromatic heterocycles. The number of carbonyl (C=O) groups excluding carboxylic acids is 1. The zero-order chi connectivity index (χ0) is 17.8. The molecule has 0 atom stereocenters. The third-order valence-corrected chi connectivity index (χ3v) is 4.11. The lowest BCUT2D eigenvalue weighted by Gasteiger charge is -2.09.